The summed E-state index contributed by atoms with van der Waals surface area (Å²) in [4.78, 5) is 12.3. The van der Waals surface area contributed by atoms with Crippen molar-refractivity contribution < 1.29 is 9.53 Å². The zero-order valence-corrected chi connectivity index (χ0v) is 14.1. The third kappa shape index (κ3) is 3.68. The van der Waals surface area contributed by atoms with E-state index in [0.29, 0.717) is 11.8 Å². The Hall–Kier alpha value is -0.830. The molecule has 0 N–H and O–H groups in total. The average molecular weight is 351 g/mol. The quantitative estimate of drug-likeness (QED) is 0.709. The van der Waals surface area contributed by atoms with Crippen molar-refractivity contribution >= 4 is 21.9 Å². The highest BCUT2D eigenvalue weighted by Crippen LogP contribution is 2.48. The van der Waals surface area contributed by atoms with Crippen LogP contribution < -0.4 is 0 Å². The SMILES string of the molecule is CC(OC(=O)C1CC1c1ccc(Br)cc1)C1CCCCC1. The summed E-state index contributed by atoms with van der Waals surface area (Å²) in [5, 5.41) is 0. The maximum Gasteiger partial charge on any atom is 0.309 e. The Balaban J connectivity index is 1.51. The Morgan fingerprint density at radius 2 is 1.86 bits per heavy atom. The highest BCUT2D eigenvalue weighted by Gasteiger charge is 2.45. The van der Waals surface area contributed by atoms with Crippen molar-refractivity contribution in [3.63, 3.8) is 0 Å². The highest BCUT2D eigenvalue weighted by molar-refractivity contribution is 9.10. The van der Waals surface area contributed by atoms with Crippen LogP contribution in [0.2, 0.25) is 0 Å². The van der Waals surface area contributed by atoms with E-state index in [0.717, 1.165) is 10.9 Å². The van der Waals surface area contributed by atoms with Crippen LogP contribution in [0.15, 0.2) is 28.7 Å². The number of hydrogen-bond donors (Lipinski definition) is 0. The monoisotopic (exact) mass is 350 g/mol. The molecule has 1 aromatic carbocycles. The first-order valence-electron chi connectivity index (χ1n) is 8.11. The summed E-state index contributed by atoms with van der Waals surface area (Å²) < 4.78 is 6.82. The molecule has 1 aromatic rings. The zero-order chi connectivity index (χ0) is 14.8. The normalized spacial score (nSPS) is 27.1. The largest absolute Gasteiger partial charge is 0.462 e. The van der Waals surface area contributed by atoms with Crippen molar-refractivity contribution in [1.82, 2.24) is 0 Å². The zero-order valence-electron chi connectivity index (χ0n) is 12.6. The molecule has 2 fully saturated rings. The molecule has 0 amide bonds. The molecule has 0 spiro atoms. The minimum atomic E-state index is 0.0148. The maximum atomic E-state index is 12.3. The predicted octanol–water partition coefficient (Wildman–Crippen LogP) is 5.06. The molecule has 3 unspecified atom stereocenters. The second-order valence-corrected chi connectivity index (χ2v) is 7.46. The van der Waals surface area contributed by atoms with Crippen LogP contribution in [0.25, 0.3) is 0 Å². The number of rotatable bonds is 4. The van der Waals surface area contributed by atoms with E-state index in [1.54, 1.807) is 0 Å². The van der Waals surface area contributed by atoms with E-state index >= 15 is 0 Å². The number of hydrogen-bond acceptors (Lipinski definition) is 2. The first-order valence-corrected chi connectivity index (χ1v) is 8.90. The van der Waals surface area contributed by atoms with Gasteiger partial charge in [0.1, 0.15) is 6.10 Å². The van der Waals surface area contributed by atoms with Gasteiger partial charge in [0.25, 0.3) is 0 Å². The molecule has 0 aromatic heterocycles. The van der Waals surface area contributed by atoms with Gasteiger partial charge < -0.3 is 4.74 Å². The number of ether oxygens (including phenoxy) is 1. The molecule has 0 radical (unpaired) electrons. The van der Waals surface area contributed by atoms with Crippen LogP contribution in [0.5, 0.6) is 0 Å². The van der Waals surface area contributed by atoms with Gasteiger partial charge in [0.15, 0.2) is 0 Å². The molecule has 3 heteroatoms. The molecule has 0 heterocycles. The summed E-state index contributed by atoms with van der Waals surface area (Å²) in [6.45, 7) is 2.07. The molecule has 21 heavy (non-hydrogen) atoms. The van der Waals surface area contributed by atoms with Gasteiger partial charge in [0.05, 0.1) is 5.92 Å². The third-order valence-corrected chi connectivity index (χ3v) is 5.54. The second kappa shape index (κ2) is 6.51. The van der Waals surface area contributed by atoms with Crippen LogP contribution in [0.1, 0.15) is 56.9 Å². The number of carbonyl (C=O) groups excluding carboxylic acids is 1. The van der Waals surface area contributed by atoms with E-state index < -0.39 is 0 Å². The Kier molecular flexibility index (Phi) is 4.68. The van der Waals surface area contributed by atoms with Gasteiger partial charge in [-0.2, -0.15) is 0 Å². The van der Waals surface area contributed by atoms with E-state index in [4.69, 9.17) is 4.74 Å². The summed E-state index contributed by atoms with van der Waals surface area (Å²) >= 11 is 3.44. The van der Waals surface area contributed by atoms with E-state index in [2.05, 4.69) is 35.0 Å². The van der Waals surface area contributed by atoms with Crippen LogP contribution >= 0.6 is 15.9 Å². The molecule has 0 bridgehead atoms. The van der Waals surface area contributed by atoms with Crippen LogP contribution in [-0.4, -0.2) is 12.1 Å². The van der Waals surface area contributed by atoms with Gasteiger partial charge in [-0.25, -0.2) is 0 Å². The fourth-order valence-electron chi connectivity index (χ4n) is 3.50. The lowest BCUT2D eigenvalue weighted by atomic mass is 9.86. The number of halogens is 1. The fourth-order valence-corrected chi connectivity index (χ4v) is 3.77. The highest BCUT2D eigenvalue weighted by atomic mass is 79.9. The summed E-state index contributed by atoms with van der Waals surface area (Å²) in [7, 11) is 0. The molecule has 0 saturated heterocycles. The van der Waals surface area contributed by atoms with Crippen molar-refractivity contribution in [3.8, 4) is 0 Å². The van der Waals surface area contributed by atoms with Gasteiger partial charge in [-0.3, -0.25) is 4.79 Å². The standard InChI is InChI=1S/C18H23BrO2/c1-12(13-5-3-2-4-6-13)21-18(20)17-11-16(17)14-7-9-15(19)10-8-14/h7-10,12-13,16-17H,2-6,11H2,1H3. The van der Waals surface area contributed by atoms with Crippen LogP contribution in [0, 0.1) is 11.8 Å². The lowest BCUT2D eigenvalue weighted by Crippen LogP contribution is -2.26. The molecule has 3 rings (SSSR count). The van der Waals surface area contributed by atoms with Gasteiger partial charge in [-0.05, 0) is 55.7 Å². The first kappa shape index (κ1) is 15.1. The Bertz CT molecular complexity index is 490. The molecule has 114 valence electrons. The summed E-state index contributed by atoms with van der Waals surface area (Å²) in [5.41, 5.74) is 1.26. The fraction of sp³-hybridized carbons (Fsp3) is 0.611. The molecule has 2 aliphatic carbocycles. The van der Waals surface area contributed by atoms with Crippen LogP contribution in [0.3, 0.4) is 0 Å². The van der Waals surface area contributed by atoms with Crippen molar-refractivity contribution in [3.05, 3.63) is 34.3 Å². The molecule has 3 atom stereocenters. The van der Waals surface area contributed by atoms with Gasteiger partial charge in [0, 0.05) is 4.47 Å². The van der Waals surface area contributed by atoms with Crippen LogP contribution in [0.4, 0.5) is 0 Å². The van der Waals surface area contributed by atoms with Crippen molar-refractivity contribution in [2.24, 2.45) is 11.8 Å². The topological polar surface area (TPSA) is 26.3 Å². The van der Waals surface area contributed by atoms with Crippen molar-refractivity contribution in [1.29, 1.82) is 0 Å². The van der Waals surface area contributed by atoms with E-state index in [1.165, 1.54) is 37.7 Å². The Labute approximate surface area is 135 Å². The third-order valence-electron chi connectivity index (χ3n) is 5.01. The predicted molar refractivity (Wildman–Crippen MR) is 87.1 cm³/mol. The van der Waals surface area contributed by atoms with Crippen LogP contribution in [-0.2, 0) is 9.53 Å². The minimum absolute atomic E-state index is 0.0148. The molecular formula is C18H23BrO2. The lowest BCUT2D eigenvalue weighted by Gasteiger charge is -2.27. The summed E-state index contributed by atoms with van der Waals surface area (Å²) in [6.07, 6.45) is 7.38. The van der Waals surface area contributed by atoms with Gasteiger partial charge in [-0.1, -0.05) is 47.3 Å². The van der Waals surface area contributed by atoms with Crippen molar-refractivity contribution in [2.75, 3.05) is 0 Å². The summed E-state index contributed by atoms with van der Waals surface area (Å²) in [6, 6.07) is 8.29. The van der Waals surface area contributed by atoms with Gasteiger partial charge >= 0.3 is 5.97 Å². The lowest BCUT2D eigenvalue weighted by molar-refractivity contribution is -0.153. The Morgan fingerprint density at radius 3 is 2.52 bits per heavy atom. The molecule has 2 aliphatic rings. The first-order chi connectivity index (χ1) is 10.1. The number of esters is 1. The molecule has 0 aliphatic heterocycles. The molecule has 2 saturated carbocycles. The number of carbonyl (C=O) groups is 1. The smallest absolute Gasteiger partial charge is 0.309 e. The minimum Gasteiger partial charge on any atom is -0.462 e. The summed E-state index contributed by atoms with van der Waals surface area (Å²) in [5.74, 6) is 1.04. The van der Waals surface area contributed by atoms with Gasteiger partial charge in [-0.15, -0.1) is 0 Å². The number of benzene rings is 1. The van der Waals surface area contributed by atoms with Crippen molar-refractivity contribution in [2.45, 2.75) is 57.5 Å². The maximum absolute atomic E-state index is 12.3. The Morgan fingerprint density at radius 1 is 1.19 bits per heavy atom. The van der Waals surface area contributed by atoms with Gasteiger partial charge in [0.2, 0.25) is 0 Å². The van der Waals surface area contributed by atoms with E-state index in [1.807, 2.05) is 12.1 Å². The molecule has 2 nitrogen and oxygen atoms in total. The second-order valence-electron chi connectivity index (χ2n) is 6.54. The van der Waals surface area contributed by atoms with E-state index in [-0.39, 0.29) is 18.0 Å². The average Bonchev–Trinajstić information content (AvgIpc) is 3.29. The van der Waals surface area contributed by atoms with E-state index in [9.17, 15) is 4.79 Å². The molecular weight excluding hydrogens is 328 g/mol.